The van der Waals surface area contributed by atoms with Crippen LogP contribution in [0.2, 0.25) is 0 Å². The van der Waals surface area contributed by atoms with Crippen molar-refractivity contribution in [1.82, 2.24) is 0 Å². The molecule has 0 saturated heterocycles. The average molecular weight is 192 g/mol. The molecule has 0 unspecified atom stereocenters. The second-order valence-electron chi connectivity index (χ2n) is 3.51. The summed E-state index contributed by atoms with van der Waals surface area (Å²) >= 11 is 0. The molecular formula is C9H18ClNO. The first-order valence-electron chi connectivity index (χ1n) is 4.57. The second kappa shape index (κ2) is 6.30. The Balaban J connectivity index is 0.00000121. The van der Waals surface area contributed by atoms with Gasteiger partial charge in [-0.25, -0.2) is 0 Å². The van der Waals surface area contributed by atoms with Crippen molar-refractivity contribution < 1.29 is 4.79 Å². The van der Waals surface area contributed by atoms with E-state index in [1.54, 1.807) is 0 Å². The molecule has 3 heteroatoms. The van der Waals surface area contributed by atoms with Crippen LogP contribution in [0.1, 0.15) is 44.9 Å². The van der Waals surface area contributed by atoms with Crippen LogP contribution in [-0.2, 0) is 4.79 Å². The number of amides is 1. The molecule has 1 rings (SSSR count). The van der Waals surface area contributed by atoms with E-state index >= 15 is 0 Å². The fraction of sp³-hybridized carbons (Fsp3) is 0.889. The van der Waals surface area contributed by atoms with Crippen LogP contribution in [0, 0.1) is 5.92 Å². The number of carbonyl (C=O) groups is 1. The molecule has 2 N–H and O–H groups in total. The van der Waals surface area contributed by atoms with E-state index in [1.807, 2.05) is 0 Å². The maximum Gasteiger partial charge on any atom is 0.217 e. The highest BCUT2D eigenvalue weighted by Gasteiger charge is 2.13. The monoisotopic (exact) mass is 191 g/mol. The summed E-state index contributed by atoms with van der Waals surface area (Å²) in [5.41, 5.74) is 5.07. The van der Waals surface area contributed by atoms with Gasteiger partial charge in [0.05, 0.1) is 0 Å². The zero-order valence-corrected chi connectivity index (χ0v) is 8.24. The summed E-state index contributed by atoms with van der Waals surface area (Å²) in [5, 5.41) is 0. The molecule has 0 aliphatic heterocycles. The van der Waals surface area contributed by atoms with Gasteiger partial charge in [0, 0.05) is 6.42 Å². The van der Waals surface area contributed by atoms with Gasteiger partial charge in [-0.15, -0.1) is 12.4 Å². The highest BCUT2D eigenvalue weighted by atomic mass is 35.5. The van der Waals surface area contributed by atoms with Crippen LogP contribution < -0.4 is 5.73 Å². The minimum atomic E-state index is -0.143. The highest BCUT2D eigenvalue weighted by Crippen LogP contribution is 2.26. The third-order valence-electron chi connectivity index (χ3n) is 2.52. The molecule has 0 aromatic rings. The Hall–Kier alpha value is -0.240. The number of primary amides is 1. The topological polar surface area (TPSA) is 43.1 Å². The van der Waals surface area contributed by atoms with Crippen molar-refractivity contribution >= 4 is 18.3 Å². The van der Waals surface area contributed by atoms with Crippen LogP contribution >= 0.6 is 12.4 Å². The van der Waals surface area contributed by atoms with E-state index in [4.69, 9.17) is 5.73 Å². The molecule has 0 aromatic carbocycles. The first-order valence-corrected chi connectivity index (χ1v) is 4.57. The van der Waals surface area contributed by atoms with E-state index in [-0.39, 0.29) is 18.3 Å². The fourth-order valence-electron chi connectivity index (χ4n) is 1.82. The van der Waals surface area contributed by atoms with Crippen LogP contribution in [0.4, 0.5) is 0 Å². The molecule has 2 nitrogen and oxygen atoms in total. The zero-order valence-electron chi connectivity index (χ0n) is 7.42. The van der Waals surface area contributed by atoms with E-state index in [0.717, 1.165) is 12.3 Å². The molecule has 1 fully saturated rings. The van der Waals surface area contributed by atoms with Gasteiger partial charge >= 0.3 is 0 Å². The Morgan fingerprint density at radius 1 is 1.25 bits per heavy atom. The summed E-state index contributed by atoms with van der Waals surface area (Å²) in [4.78, 5) is 10.5. The van der Waals surface area contributed by atoms with Gasteiger partial charge in [-0.2, -0.15) is 0 Å². The first-order chi connectivity index (χ1) is 5.29. The Morgan fingerprint density at radius 2 is 1.83 bits per heavy atom. The van der Waals surface area contributed by atoms with Crippen molar-refractivity contribution in [2.75, 3.05) is 0 Å². The fourth-order valence-corrected chi connectivity index (χ4v) is 1.82. The van der Waals surface area contributed by atoms with E-state index < -0.39 is 0 Å². The van der Waals surface area contributed by atoms with Crippen molar-refractivity contribution in [3.8, 4) is 0 Å². The molecule has 0 aromatic heterocycles. The lowest BCUT2D eigenvalue weighted by atomic mass is 9.86. The van der Waals surface area contributed by atoms with Crippen molar-refractivity contribution in [2.45, 2.75) is 44.9 Å². The van der Waals surface area contributed by atoms with Gasteiger partial charge < -0.3 is 5.73 Å². The Kier molecular flexibility index (Phi) is 6.17. The molecule has 1 aliphatic rings. The van der Waals surface area contributed by atoms with Gasteiger partial charge in [0.25, 0.3) is 0 Å². The highest BCUT2D eigenvalue weighted by molar-refractivity contribution is 5.85. The molecule has 0 spiro atoms. The van der Waals surface area contributed by atoms with Crippen molar-refractivity contribution in [1.29, 1.82) is 0 Å². The lowest BCUT2D eigenvalue weighted by Gasteiger charge is -2.20. The number of hydrogen-bond acceptors (Lipinski definition) is 1. The van der Waals surface area contributed by atoms with E-state index in [9.17, 15) is 4.79 Å². The van der Waals surface area contributed by atoms with Crippen LogP contribution in [0.3, 0.4) is 0 Å². The zero-order chi connectivity index (χ0) is 8.10. The summed E-state index contributed by atoms with van der Waals surface area (Å²) in [5.74, 6) is 0.645. The summed E-state index contributed by atoms with van der Waals surface area (Å²) in [6.45, 7) is 0. The third kappa shape index (κ3) is 4.60. The predicted molar refractivity (Wildman–Crippen MR) is 52.3 cm³/mol. The molecular weight excluding hydrogens is 174 g/mol. The van der Waals surface area contributed by atoms with Gasteiger partial charge in [0.1, 0.15) is 0 Å². The maximum absolute atomic E-state index is 10.5. The normalized spacial score (nSPS) is 18.3. The second-order valence-corrected chi connectivity index (χ2v) is 3.51. The molecule has 1 amide bonds. The van der Waals surface area contributed by atoms with Gasteiger partial charge in [-0.3, -0.25) is 4.79 Å². The lowest BCUT2D eigenvalue weighted by Crippen LogP contribution is -2.14. The van der Waals surface area contributed by atoms with Gasteiger partial charge in [0.15, 0.2) is 0 Å². The quantitative estimate of drug-likeness (QED) is 0.731. The molecule has 12 heavy (non-hydrogen) atoms. The molecule has 0 atom stereocenters. The first kappa shape index (κ1) is 11.8. The van der Waals surface area contributed by atoms with Crippen LogP contribution in [0.15, 0.2) is 0 Å². The van der Waals surface area contributed by atoms with Crippen LogP contribution in [0.5, 0.6) is 0 Å². The van der Waals surface area contributed by atoms with Crippen molar-refractivity contribution in [2.24, 2.45) is 11.7 Å². The van der Waals surface area contributed by atoms with E-state index in [0.29, 0.717) is 6.42 Å². The summed E-state index contributed by atoms with van der Waals surface area (Å²) in [6, 6.07) is 0. The molecule has 0 radical (unpaired) electrons. The van der Waals surface area contributed by atoms with Crippen molar-refractivity contribution in [3.05, 3.63) is 0 Å². The Labute approximate surface area is 80.3 Å². The Morgan fingerprint density at radius 3 is 2.33 bits per heavy atom. The SMILES string of the molecule is Cl.NC(=O)CCC1CCCCC1. The third-order valence-corrected chi connectivity index (χ3v) is 2.52. The largest absolute Gasteiger partial charge is 0.370 e. The number of nitrogens with two attached hydrogens (primary N) is 1. The van der Waals surface area contributed by atoms with E-state index in [1.165, 1.54) is 32.1 Å². The minimum absolute atomic E-state index is 0. The van der Waals surface area contributed by atoms with Gasteiger partial charge in [-0.1, -0.05) is 32.1 Å². The number of halogens is 1. The maximum atomic E-state index is 10.5. The Bertz CT molecular complexity index is 132. The molecule has 72 valence electrons. The summed E-state index contributed by atoms with van der Waals surface area (Å²) < 4.78 is 0. The summed E-state index contributed by atoms with van der Waals surface area (Å²) in [7, 11) is 0. The van der Waals surface area contributed by atoms with Gasteiger partial charge in [0.2, 0.25) is 5.91 Å². The van der Waals surface area contributed by atoms with Crippen LogP contribution in [0.25, 0.3) is 0 Å². The van der Waals surface area contributed by atoms with Gasteiger partial charge in [-0.05, 0) is 12.3 Å². The number of hydrogen-bond donors (Lipinski definition) is 1. The molecule has 0 bridgehead atoms. The lowest BCUT2D eigenvalue weighted by molar-refractivity contribution is -0.118. The van der Waals surface area contributed by atoms with Crippen molar-refractivity contribution in [3.63, 3.8) is 0 Å². The predicted octanol–water partition coefficient (Wildman–Crippen LogP) is 2.25. The van der Waals surface area contributed by atoms with Crippen LogP contribution in [-0.4, -0.2) is 5.91 Å². The molecule has 1 aliphatic carbocycles. The molecule has 0 heterocycles. The molecule has 1 saturated carbocycles. The van der Waals surface area contributed by atoms with E-state index in [2.05, 4.69) is 0 Å². The minimum Gasteiger partial charge on any atom is -0.370 e. The number of carbonyl (C=O) groups excluding carboxylic acids is 1. The average Bonchev–Trinajstić information content (AvgIpc) is 2.03. The standard InChI is InChI=1S/C9H17NO.ClH/c10-9(11)7-6-8-4-2-1-3-5-8;/h8H,1-7H2,(H2,10,11);1H. The smallest absolute Gasteiger partial charge is 0.217 e. The summed E-state index contributed by atoms with van der Waals surface area (Å²) in [6.07, 6.45) is 8.32. The number of rotatable bonds is 3.